The molecule has 0 aliphatic heterocycles. The number of aromatic hydroxyl groups is 4. The Hall–Kier alpha value is -9.41. The third-order valence-electron chi connectivity index (χ3n) is 26.5. The first kappa shape index (κ1) is 76.4. The van der Waals surface area contributed by atoms with Crippen molar-refractivity contribution in [2.45, 2.75) is 156 Å². The molecule has 7 aromatic carbocycles. The number of hydrogen-bond donors (Lipinski definition) is 4. The molecule has 12 aliphatic rings. The summed E-state index contributed by atoms with van der Waals surface area (Å²) in [6.45, 7) is 12.9. The first-order valence-corrected chi connectivity index (χ1v) is 40.8. The number of phenols is 4. The molecule has 19 unspecified atom stereocenters. The van der Waals surface area contributed by atoms with Crippen LogP contribution in [0.25, 0.3) is 0 Å². The summed E-state index contributed by atoms with van der Waals surface area (Å²) >= 11 is 0. The number of benzene rings is 7. The van der Waals surface area contributed by atoms with Gasteiger partial charge in [0.1, 0.15) is 34.3 Å². The van der Waals surface area contributed by atoms with Crippen LogP contribution in [0, 0.1) is 129 Å². The van der Waals surface area contributed by atoms with Crippen molar-refractivity contribution in [3.63, 3.8) is 0 Å². The van der Waals surface area contributed by atoms with Crippen LogP contribution in [0.1, 0.15) is 191 Å². The summed E-state index contributed by atoms with van der Waals surface area (Å²) in [5.41, 5.74) is 13.9. The van der Waals surface area contributed by atoms with Crippen molar-refractivity contribution in [1.29, 1.82) is 0 Å². The van der Waals surface area contributed by atoms with Gasteiger partial charge in [0.2, 0.25) is 0 Å². The van der Waals surface area contributed by atoms with E-state index < -0.39 is 5.97 Å². The molecule has 4 N–H and O–H groups in total. The smallest absolute Gasteiger partial charge is 0.341 e. The number of hydrogen-bond acceptors (Lipinski definition) is 10. The van der Waals surface area contributed by atoms with Gasteiger partial charge in [-0.2, -0.15) is 0 Å². The Kier molecular flexibility index (Phi) is 24.3. The maximum atomic E-state index is 11.8. The lowest BCUT2D eigenvalue weighted by Gasteiger charge is -2.30. The molecule has 7 aromatic rings. The number of rotatable bonds is 16. The Morgan fingerprint density at radius 3 is 1.31 bits per heavy atom. The minimum atomic E-state index is -0.434. The number of esters is 3. The summed E-state index contributed by atoms with van der Waals surface area (Å²) in [6, 6.07) is 48.9. The summed E-state index contributed by atoms with van der Waals surface area (Å²) in [6.07, 6.45) is 47.3. The zero-order valence-corrected chi connectivity index (χ0v) is 64.6. The molecule has 568 valence electrons. The predicted molar refractivity (Wildman–Crippen MR) is 434 cm³/mol. The van der Waals surface area contributed by atoms with Crippen molar-refractivity contribution in [2.24, 2.45) is 94.7 Å². The van der Waals surface area contributed by atoms with Crippen molar-refractivity contribution < 1.29 is 49.0 Å². The molecule has 10 heteroatoms. The first-order chi connectivity index (χ1) is 52.7. The number of fused-ring (bicyclic) bond motifs is 12. The summed E-state index contributed by atoms with van der Waals surface area (Å²) < 4.78 is 15.6. The van der Waals surface area contributed by atoms with E-state index in [0.717, 1.165) is 89.1 Å². The number of aryl methyl sites for hydroxylation is 5. The van der Waals surface area contributed by atoms with Crippen LogP contribution in [0.4, 0.5) is 0 Å². The van der Waals surface area contributed by atoms with Crippen LogP contribution in [0.15, 0.2) is 225 Å². The van der Waals surface area contributed by atoms with E-state index in [4.69, 9.17) is 19.3 Å². The Morgan fingerprint density at radius 2 is 0.853 bits per heavy atom. The quantitative estimate of drug-likeness (QED) is 0.0417. The van der Waals surface area contributed by atoms with Crippen molar-refractivity contribution in [3.05, 3.63) is 291 Å². The van der Waals surface area contributed by atoms with E-state index in [1.807, 2.05) is 38.1 Å². The Balaban J connectivity index is 0.000000110. The van der Waals surface area contributed by atoms with Crippen molar-refractivity contribution >= 4 is 17.9 Å². The molecular weight excluding hydrogens is 1350 g/mol. The van der Waals surface area contributed by atoms with Gasteiger partial charge in [-0.1, -0.05) is 169 Å². The second kappa shape index (κ2) is 34.7. The second-order valence-electron chi connectivity index (χ2n) is 34.0. The zero-order valence-electron chi connectivity index (χ0n) is 64.6. The molecule has 10 nitrogen and oxygen atoms in total. The first-order valence-electron chi connectivity index (χ1n) is 40.8. The van der Waals surface area contributed by atoms with Gasteiger partial charge < -0.3 is 34.6 Å². The number of para-hydroxylation sites is 1. The van der Waals surface area contributed by atoms with Crippen LogP contribution in [-0.2, 0) is 20.7 Å². The number of ether oxygens (including phenoxy) is 3. The summed E-state index contributed by atoms with van der Waals surface area (Å²) in [5.74, 6) is 14.6. The molecule has 0 amide bonds. The highest BCUT2D eigenvalue weighted by Crippen LogP contribution is 2.54. The number of phenolic OH excluding ortho intramolecular Hbond substituents is 4. The molecule has 0 saturated heterocycles. The summed E-state index contributed by atoms with van der Waals surface area (Å²) in [5, 5.41) is 38.2. The molecule has 6 fully saturated rings. The van der Waals surface area contributed by atoms with Gasteiger partial charge in [-0.25, -0.2) is 9.59 Å². The van der Waals surface area contributed by atoms with E-state index in [-0.39, 0.29) is 29.0 Å². The number of allylic oxidation sites excluding steroid dienone is 12. The minimum Gasteiger partial charge on any atom is -0.508 e. The van der Waals surface area contributed by atoms with Gasteiger partial charge in [-0.15, -0.1) is 0 Å². The maximum Gasteiger partial charge on any atom is 0.341 e. The van der Waals surface area contributed by atoms with Crippen LogP contribution in [0.5, 0.6) is 28.7 Å². The standard InChI is InChI=1S/C23H26O.2C16H18O3.C15H16O2.C15H18O.C14H16/c1-14-4-6-19(10-15(14)2)23(20-8-9-22(24)16(3)11-20)21-13-17-5-7-18(21)12-17;17-15-5-3-12(4-6-15)16(18)19-8-7-14-10-11-1-2-13(14)9-11;17-15-4-2-1-3-14(15)16(18)19-8-7-13-10-11-5-6-12(13)9-11;1-10(16)17-14-6-4-12(5-7-14)15-9-11-2-3-13(15)8-11;1-10-6-11(3-5-15(10)16)8-14-9-12-2-4-13(14)7-12;1-10-2-5-12(6-3-10)14-9-11-4-7-13(14)8-11/h4-11,17-18,21,23-24H,12-13H2,1-3H3;1-6,11,13-14,17H,7-10H2;1-6,11-13,17H,7-10H2;2-7,11,13,15H,8-9H2,1H3;2-6,12-14,16H,7-9H2,1H3;2-7,11,13-14H,8-9H2,1H3. The minimum absolute atomic E-state index is 0.0182. The fourth-order valence-corrected chi connectivity index (χ4v) is 20.6. The lowest BCUT2D eigenvalue weighted by molar-refractivity contribution is -0.131. The van der Waals surface area contributed by atoms with E-state index in [2.05, 4.69) is 173 Å². The second-order valence-corrected chi connectivity index (χ2v) is 34.0. The molecule has 0 aromatic heterocycles. The molecule has 0 radical (unpaired) electrons. The molecule has 12 bridgehead atoms. The highest BCUT2D eigenvalue weighted by molar-refractivity contribution is 5.92. The molecule has 109 heavy (non-hydrogen) atoms. The van der Waals surface area contributed by atoms with Crippen LogP contribution in [0.2, 0.25) is 0 Å². The molecule has 0 spiro atoms. The van der Waals surface area contributed by atoms with Gasteiger partial charge in [-0.05, 0) is 348 Å². The monoisotopic (exact) mass is 1460 g/mol. The SMILES string of the molecule is CC(=O)Oc1ccc(C2CC3C=CC2C3)cc1.Cc1cc(CC2CC3C=CC2C3)ccc1O.Cc1ccc(C(c2ccc(O)c(C)c2)C2CC3C=CC2C3)cc1C.Cc1ccc(C2CC3C=CC2C3)cc1.O=C(OCCC1CC2C=CC1C2)c1ccc(O)cc1.O=C(OCCC1CC2C=CC1C2)c1ccccc1O. The lowest BCUT2D eigenvalue weighted by atomic mass is 9.74. The van der Waals surface area contributed by atoms with Crippen LogP contribution in [-0.4, -0.2) is 51.5 Å². The van der Waals surface area contributed by atoms with E-state index in [0.29, 0.717) is 83.4 Å². The van der Waals surface area contributed by atoms with E-state index in [1.165, 1.54) is 148 Å². The fraction of sp³-hybridized carbons (Fsp3) is 0.424. The highest BCUT2D eigenvalue weighted by Gasteiger charge is 2.43. The van der Waals surface area contributed by atoms with Gasteiger partial charge >= 0.3 is 17.9 Å². The lowest BCUT2D eigenvalue weighted by Crippen LogP contribution is -2.19. The number of carbonyl (C=O) groups excluding carboxylic acids is 3. The van der Waals surface area contributed by atoms with Gasteiger partial charge in [0.25, 0.3) is 0 Å². The Morgan fingerprint density at radius 1 is 0.394 bits per heavy atom. The average molecular weight is 1460 g/mol. The summed E-state index contributed by atoms with van der Waals surface area (Å²) in [7, 11) is 0. The molecule has 6 saturated carbocycles. The molecule has 0 heterocycles. The molecule has 19 rings (SSSR count). The Bertz CT molecular complexity index is 4460. The van der Waals surface area contributed by atoms with Crippen LogP contribution in [0.3, 0.4) is 0 Å². The molecule has 19 atom stereocenters. The van der Waals surface area contributed by atoms with E-state index in [9.17, 15) is 29.7 Å². The van der Waals surface area contributed by atoms with E-state index >= 15 is 0 Å². The van der Waals surface area contributed by atoms with E-state index in [1.54, 1.807) is 35.9 Å². The van der Waals surface area contributed by atoms with Crippen molar-refractivity contribution in [3.8, 4) is 28.7 Å². The number of carbonyl (C=O) groups is 3. The third-order valence-corrected chi connectivity index (χ3v) is 26.5. The Labute approximate surface area is 646 Å². The molecule has 12 aliphatic carbocycles. The van der Waals surface area contributed by atoms with Crippen molar-refractivity contribution in [2.75, 3.05) is 13.2 Å². The van der Waals surface area contributed by atoms with Crippen LogP contribution < -0.4 is 4.74 Å². The highest BCUT2D eigenvalue weighted by atomic mass is 16.5. The average Bonchev–Trinajstić information content (AvgIpc) is 1.70. The predicted octanol–water partition coefficient (Wildman–Crippen LogP) is 22.4. The fourth-order valence-electron chi connectivity index (χ4n) is 20.6. The van der Waals surface area contributed by atoms with Crippen molar-refractivity contribution in [1.82, 2.24) is 0 Å². The summed E-state index contributed by atoms with van der Waals surface area (Å²) in [4.78, 5) is 34.4. The topological polar surface area (TPSA) is 160 Å². The van der Waals surface area contributed by atoms with Crippen LogP contribution >= 0.6 is 0 Å². The zero-order chi connectivity index (χ0) is 75.8. The maximum absolute atomic E-state index is 11.8. The van der Waals surface area contributed by atoms with Gasteiger partial charge in [0.05, 0.1) is 18.8 Å². The van der Waals surface area contributed by atoms with Gasteiger partial charge in [0, 0.05) is 12.8 Å². The largest absolute Gasteiger partial charge is 0.508 e. The normalized spacial score (nSPS) is 28.9. The van der Waals surface area contributed by atoms with Gasteiger partial charge in [0.15, 0.2) is 0 Å². The molecular formula is C99H112O10. The third kappa shape index (κ3) is 18.9. The van der Waals surface area contributed by atoms with Gasteiger partial charge in [-0.3, -0.25) is 4.79 Å².